The summed E-state index contributed by atoms with van der Waals surface area (Å²) in [5.41, 5.74) is 1.96. The van der Waals surface area contributed by atoms with Gasteiger partial charge in [0.05, 0.1) is 37.7 Å². The minimum absolute atomic E-state index is 0.0568. The van der Waals surface area contributed by atoms with Crippen LogP contribution in [0, 0.1) is 12.8 Å². The van der Waals surface area contributed by atoms with Crippen molar-refractivity contribution in [3.8, 4) is 0 Å². The minimum Gasteiger partial charge on any atom is -0.375 e. The van der Waals surface area contributed by atoms with Crippen molar-refractivity contribution >= 4 is 5.91 Å². The first-order valence-electron chi connectivity index (χ1n) is 8.57. The maximum atomic E-state index is 12.2. The number of carbonyl (C=O) groups excluding carboxylic acids is 1. The van der Waals surface area contributed by atoms with Gasteiger partial charge in [-0.3, -0.25) is 9.78 Å². The highest BCUT2D eigenvalue weighted by Crippen LogP contribution is 2.34. The van der Waals surface area contributed by atoms with E-state index in [2.05, 4.69) is 4.98 Å². The number of hydrogen-bond donors (Lipinski definition) is 0. The normalized spacial score (nSPS) is 26.4. The lowest BCUT2D eigenvalue weighted by atomic mass is 10.1. The van der Waals surface area contributed by atoms with Gasteiger partial charge in [-0.2, -0.15) is 0 Å². The van der Waals surface area contributed by atoms with Crippen molar-refractivity contribution in [2.45, 2.75) is 38.5 Å². The van der Waals surface area contributed by atoms with Crippen LogP contribution < -0.4 is 0 Å². The minimum atomic E-state index is 0.0568. The average molecular weight is 334 g/mol. The molecule has 2 fully saturated rings. The van der Waals surface area contributed by atoms with Gasteiger partial charge in [-0.05, 0) is 37.8 Å². The zero-order valence-electron chi connectivity index (χ0n) is 14.4. The Bertz CT molecular complexity index is 566. The molecule has 3 atom stereocenters. The number of aromatic nitrogens is 1. The summed E-state index contributed by atoms with van der Waals surface area (Å²) in [6.45, 7) is 4.60. The van der Waals surface area contributed by atoms with Crippen LogP contribution in [0.25, 0.3) is 0 Å². The Morgan fingerprint density at radius 2 is 2.29 bits per heavy atom. The van der Waals surface area contributed by atoms with Gasteiger partial charge in [-0.1, -0.05) is 6.07 Å². The average Bonchev–Trinajstić information content (AvgIpc) is 2.98. The molecule has 24 heavy (non-hydrogen) atoms. The van der Waals surface area contributed by atoms with E-state index in [1.807, 2.05) is 30.0 Å². The molecule has 132 valence electrons. The van der Waals surface area contributed by atoms with Crippen LogP contribution in [0.15, 0.2) is 18.2 Å². The summed E-state index contributed by atoms with van der Waals surface area (Å²) in [5, 5.41) is 0. The van der Waals surface area contributed by atoms with Crippen LogP contribution in [0.3, 0.4) is 0 Å². The highest BCUT2D eigenvalue weighted by atomic mass is 16.5. The van der Waals surface area contributed by atoms with Gasteiger partial charge in [0.2, 0.25) is 5.91 Å². The molecule has 1 aromatic rings. The van der Waals surface area contributed by atoms with Crippen LogP contribution >= 0.6 is 0 Å². The molecule has 2 heterocycles. The quantitative estimate of drug-likeness (QED) is 0.790. The van der Waals surface area contributed by atoms with Gasteiger partial charge < -0.3 is 19.1 Å². The highest BCUT2D eigenvalue weighted by molar-refractivity contribution is 5.78. The van der Waals surface area contributed by atoms with E-state index in [0.717, 1.165) is 24.2 Å². The predicted molar refractivity (Wildman–Crippen MR) is 88.5 cm³/mol. The van der Waals surface area contributed by atoms with Crippen molar-refractivity contribution in [1.29, 1.82) is 0 Å². The Kier molecular flexibility index (Phi) is 5.81. The molecule has 1 saturated carbocycles. The van der Waals surface area contributed by atoms with E-state index >= 15 is 0 Å². The summed E-state index contributed by atoms with van der Waals surface area (Å²) in [7, 11) is 1.56. The summed E-state index contributed by atoms with van der Waals surface area (Å²) in [6, 6.07) is 6.12. The number of ether oxygens (including phenoxy) is 3. The molecule has 2 aliphatic rings. The fraction of sp³-hybridized carbons (Fsp3) is 0.667. The van der Waals surface area contributed by atoms with Gasteiger partial charge in [0.25, 0.3) is 0 Å². The van der Waals surface area contributed by atoms with Gasteiger partial charge >= 0.3 is 0 Å². The number of rotatable bonds is 6. The Balaban J connectivity index is 1.49. The number of methoxy groups -OCH3 is 1. The molecule has 0 aromatic carbocycles. The molecule has 1 aromatic heterocycles. The van der Waals surface area contributed by atoms with E-state index < -0.39 is 0 Å². The number of amides is 1. The second-order valence-corrected chi connectivity index (χ2v) is 6.62. The van der Waals surface area contributed by atoms with Gasteiger partial charge in [-0.25, -0.2) is 0 Å². The number of aryl methyl sites for hydroxylation is 1. The Labute approximate surface area is 143 Å². The second-order valence-electron chi connectivity index (χ2n) is 6.62. The SMILES string of the molecule is COCC(=O)N1CCOC2CC(COCc3cccc(C)n3)CC21. The standard InChI is InChI=1S/C18H26N2O4/c1-13-4-3-5-15(19-13)11-23-10-14-8-16-17(9-14)24-7-6-20(16)18(21)12-22-2/h3-5,14,16-17H,6-12H2,1-2H3. The first-order chi connectivity index (χ1) is 11.7. The molecular formula is C18H26N2O4. The number of nitrogens with zero attached hydrogens (tertiary/aromatic N) is 2. The Hall–Kier alpha value is -1.50. The molecule has 0 spiro atoms. The molecule has 1 aliphatic carbocycles. The molecule has 6 heteroatoms. The lowest BCUT2D eigenvalue weighted by molar-refractivity contribution is -0.147. The van der Waals surface area contributed by atoms with E-state index in [9.17, 15) is 4.79 Å². The molecule has 0 radical (unpaired) electrons. The number of fused-ring (bicyclic) bond motifs is 1. The smallest absolute Gasteiger partial charge is 0.248 e. The topological polar surface area (TPSA) is 60.9 Å². The molecule has 1 amide bonds. The molecular weight excluding hydrogens is 308 g/mol. The zero-order chi connectivity index (χ0) is 16.9. The van der Waals surface area contributed by atoms with Crippen LogP contribution in [0.2, 0.25) is 0 Å². The van der Waals surface area contributed by atoms with Crippen molar-refractivity contribution in [3.05, 3.63) is 29.6 Å². The van der Waals surface area contributed by atoms with Crippen LogP contribution in [0.1, 0.15) is 24.2 Å². The van der Waals surface area contributed by atoms with E-state index in [-0.39, 0.29) is 24.7 Å². The fourth-order valence-corrected chi connectivity index (χ4v) is 3.71. The summed E-state index contributed by atoms with van der Waals surface area (Å²) in [6.07, 6.45) is 2.01. The first kappa shape index (κ1) is 17.3. The van der Waals surface area contributed by atoms with Crippen molar-refractivity contribution < 1.29 is 19.0 Å². The molecule has 1 aliphatic heterocycles. The van der Waals surface area contributed by atoms with Crippen LogP contribution in [-0.2, 0) is 25.6 Å². The van der Waals surface area contributed by atoms with E-state index in [1.165, 1.54) is 0 Å². The summed E-state index contributed by atoms with van der Waals surface area (Å²) in [5.74, 6) is 0.474. The monoisotopic (exact) mass is 334 g/mol. The van der Waals surface area contributed by atoms with Gasteiger partial charge in [0.15, 0.2) is 0 Å². The highest BCUT2D eigenvalue weighted by Gasteiger charge is 2.42. The molecule has 3 unspecified atom stereocenters. The zero-order valence-corrected chi connectivity index (χ0v) is 14.4. The largest absolute Gasteiger partial charge is 0.375 e. The number of morpholine rings is 1. The third-order valence-electron chi connectivity index (χ3n) is 4.77. The molecule has 6 nitrogen and oxygen atoms in total. The van der Waals surface area contributed by atoms with E-state index in [0.29, 0.717) is 32.3 Å². The lowest BCUT2D eigenvalue weighted by Gasteiger charge is -2.37. The Morgan fingerprint density at radius 3 is 3.08 bits per heavy atom. The number of carbonyl (C=O) groups is 1. The maximum Gasteiger partial charge on any atom is 0.248 e. The lowest BCUT2D eigenvalue weighted by Crippen LogP contribution is -2.52. The van der Waals surface area contributed by atoms with Crippen molar-refractivity contribution in [3.63, 3.8) is 0 Å². The van der Waals surface area contributed by atoms with Gasteiger partial charge in [-0.15, -0.1) is 0 Å². The predicted octanol–water partition coefficient (Wildman–Crippen LogP) is 1.56. The molecule has 3 rings (SSSR count). The molecule has 0 bridgehead atoms. The third kappa shape index (κ3) is 4.12. The molecule has 0 N–H and O–H groups in total. The fourth-order valence-electron chi connectivity index (χ4n) is 3.71. The number of pyridine rings is 1. The Morgan fingerprint density at radius 1 is 1.42 bits per heavy atom. The summed E-state index contributed by atoms with van der Waals surface area (Å²) < 4.78 is 16.7. The van der Waals surface area contributed by atoms with Crippen LogP contribution in [0.5, 0.6) is 0 Å². The number of hydrogen-bond acceptors (Lipinski definition) is 5. The third-order valence-corrected chi connectivity index (χ3v) is 4.77. The van der Waals surface area contributed by atoms with Crippen molar-refractivity contribution in [2.24, 2.45) is 5.92 Å². The summed E-state index contributed by atoms with van der Waals surface area (Å²) >= 11 is 0. The first-order valence-corrected chi connectivity index (χ1v) is 8.57. The van der Waals surface area contributed by atoms with Crippen molar-refractivity contribution in [2.75, 3.05) is 33.5 Å². The van der Waals surface area contributed by atoms with E-state index in [4.69, 9.17) is 14.2 Å². The van der Waals surface area contributed by atoms with Crippen LogP contribution in [0.4, 0.5) is 0 Å². The van der Waals surface area contributed by atoms with Crippen LogP contribution in [-0.4, -0.2) is 61.4 Å². The molecule has 1 saturated heterocycles. The van der Waals surface area contributed by atoms with Gasteiger partial charge in [0.1, 0.15) is 6.61 Å². The second kappa shape index (κ2) is 8.05. The maximum absolute atomic E-state index is 12.2. The summed E-state index contributed by atoms with van der Waals surface area (Å²) in [4.78, 5) is 18.6. The van der Waals surface area contributed by atoms with Gasteiger partial charge in [0, 0.05) is 19.3 Å². The van der Waals surface area contributed by atoms with E-state index in [1.54, 1.807) is 7.11 Å². The van der Waals surface area contributed by atoms with Crippen molar-refractivity contribution in [1.82, 2.24) is 9.88 Å².